The Morgan fingerprint density at radius 1 is 1.16 bits per heavy atom. The molecule has 43 heavy (non-hydrogen) atoms. The maximum absolute atomic E-state index is 14.3. The SMILES string of the molecule is COc1ncc(-c2cc(N)c(C=N)c(C3=[N+]=C(CN4CCN(C(C)C)CC4)O3)c2)cc1NS(=O)(=O)c1ccc(F)cc1F. The fourth-order valence-corrected chi connectivity index (χ4v) is 6.07. The Hall–Kier alpha value is -4.36. The van der Waals surface area contributed by atoms with Crippen LogP contribution in [0.25, 0.3) is 11.1 Å². The molecule has 5 rings (SSSR count). The zero-order valence-electron chi connectivity index (χ0n) is 23.9. The minimum atomic E-state index is -4.47. The van der Waals surface area contributed by atoms with E-state index in [2.05, 4.69) is 38.0 Å². The average Bonchev–Trinajstić information content (AvgIpc) is 2.94. The van der Waals surface area contributed by atoms with Crippen molar-refractivity contribution >= 4 is 39.4 Å². The molecule has 2 aliphatic heterocycles. The number of ether oxygens (including phenoxy) is 2. The number of aromatic nitrogens is 1. The number of piperazine rings is 1. The summed E-state index contributed by atoms with van der Waals surface area (Å²) in [5.41, 5.74) is 8.38. The first-order valence-electron chi connectivity index (χ1n) is 13.5. The van der Waals surface area contributed by atoms with Crippen LogP contribution >= 0.6 is 0 Å². The lowest BCUT2D eigenvalue weighted by atomic mass is 9.98. The van der Waals surface area contributed by atoms with Crippen molar-refractivity contribution in [3.05, 3.63) is 65.4 Å². The van der Waals surface area contributed by atoms with Gasteiger partial charge in [-0.15, -0.1) is 0 Å². The number of rotatable bonds is 10. The summed E-state index contributed by atoms with van der Waals surface area (Å²) in [6, 6.07) is 7.45. The van der Waals surface area contributed by atoms with E-state index in [0.717, 1.165) is 44.5 Å². The summed E-state index contributed by atoms with van der Waals surface area (Å²) in [5, 5.41) is 7.91. The highest BCUT2D eigenvalue weighted by atomic mass is 32.2. The van der Waals surface area contributed by atoms with Crippen LogP contribution in [0.4, 0.5) is 20.2 Å². The molecule has 0 radical (unpaired) electrons. The minimum absolute atomic E-state index is 0.0701. The summed E-state index contributed by atoms with van der Waals surface area (Å²) in [7, 11) is -3.16. The molecule has 0 aliphatic carbocycles. The average molecular weight is 613 g/mol. The van der Waals surface area contributed by atoms with Crippen molar-refractivity contribution < 1.29 is 26.7 Å². The lowest BCUT2D eigenvalue weighted by Crippen LogP contribution is -2.51. The zero-order chi connectivity index (χ0) is 30.9. The molecule has 0 spiro atoms. The highest BCUT2D eigenvalue weighted by Crippen LogP contribution is 2.33. The van der Waals surface area contributed by atoms with Gasteiger partial charge in [-0.3, -0.25) is 14.5 Å². The third-order valence-corrected chi connectivity index (χ3v) is 8.73. The Labute approximate surface area is 248 Å². The molecule has 0 amide bonds. The van der Waals surface area contributed by atoms with Crippen molar-refractivity contribution in [3.63, 3.8) is 0 Å². The summed E-state index contributed by atoms with van der Waals surface area (Å²) in [6.45, 7) is 8.73. The molecule has 1 fully saturated rings. The van der Waals surface area contributed by atoms with Crippen LogP contribution in [0.3, 0.4) is 0 Å². The number of hydrogen-bond donors (Lipinski definition) is 3. The van der Waals surface area contributed by atoms with Gasteiger partial charge in [0.15, 0.2) is 0 Å². The highest BCUT2D eigenvalue weighted by Gasteiger charge is 2.37. The van der Waals surface area contributed by atoms with E-state index in [1.54, 1.807) is 12.1 Å². The largest absolute Gasteiger partial charge is 0.510 e. The van der Waals surface area contributed by atoms with Crippen LogP contribution in [0, 0.1) is 17.0 Å². The molecule has 4 N–H and O–H groups in total. The normalized spacial score (nSPS) is 15.8. The van der Waals surface area contributed by atoms with Crippen molar-refractivity contribution in [2.45, 2.75) is 24.8 Å². The first-order chi connectivity index (χ1) is 20.5. The number of methoxy groups -OCH3 is 1. The Morgan fingerprint density at radius 2 is 1.88 bits per heavy atom. The number of sulfonamides is 1. The number of anilines is 2. The molecule has 11 nitrogen and oxygen atoms in total. The summed E-state index contributed by atoms with van der Waals surface area (Å²) >= 11 is 0. The summed E-state index contributed by atoms with van der Waals surface area (Å²) in [4.78, 5) is 8.16. The number of pyridine rings is 1. The second-order valence-electron chi connectivity index (χ2n) is 10.5. The van der Waals surface area contributed by atoms with E-state index in [0.29, 0.717) is 52.7 Å². The van der Waals surface area contributed by atoms with Crippen molar-refractivity contribution in [2.75, 3.05) is 50.3 Å². The third-order valence-electron chi connectivity index (χ3n) is 7.33. The van der Waals surface area contributed by atoms with Crippen LogP contribution in [0.1, 0.15) is 25.0 Å². The van der Waals surface area contributed by atoms with E-state index < -0.39 is 26.6 Å². The van der Waals surface area contributed by atoms with E-state index in [4.69, 9.17) is 20.6 Å². The first kappa shape index (κ1) is 30.1. The molecule has 0 unspecified atom stereocenters. The summed E-state index contributed by atoms with van der Waals surface area (Å²) < 4.78 is 71.6. The molecule has 0 atom stereocenters. The molecule has 2 aliphatic rings. The molecular weight excluding hydrogens is 580 g/mol. The van der Waals surface area contributed by atoms with Crippen molar-refractivity contribution in [2.24, 2.45) is 0 Å². The quantitative estimate of drug-likeness (QED) is 0.180. The lowest BCUT2D eigenvalue weighted by Gasteiger charge is -2.35. The topological polar surface area (TPSA) is 148 Å². The van der Waals surface area contributed by atoms with E-state index >= 15 is 0 Å². The van der Waals surface area contributed by atoms with Crippen LogP contribution in [0.5, 0.6) is 5.88 Å². The number of halogens is 2. The molecule has 3 aromatic rings. The van der Waals surface area contributed by atoms with Gasteiger partial charge in [-0.25, -0.2) is 22.2 Å². The second kappa shape index (κ2) is 12.1. The maximum atomic E-state index is 14.3. The second-order valence-corrected chi connectivity index (χ2v) is 12.1. The van der Waals surface area contributed by atoms with Gasteiger partial charge in [0.2, 0.25) is 5.88 Å². The highest BCUT2D eigenvalue weighted by molar-refractivity contribution is 7.92. The lowest BCUT2D eigenvalue weighted by molar-refractivity contribution is 0.116. The van der Waals surface area contributed by atoms with Crippen LogP contribution in [0.2, 0.25) is 0 Å². The maximum Gasteiger partial charge on any atom is 0.510 e. The van der Waals surface area contributed by atoms with Gasteiger partial charge in [-0.2, -0.15) is 0 Å². The minimum Gasteiger partial charge on any atom is -0.480 e. The Balaban J connectivity index is 1.44. The number of nitrogen functional groups attached to an aromatic ring is 1. The van der Waals surface area contributed by atoms with Crippen LogP contribution < -0.4 is 19.9 Å². The number of nitrogens with two attached hydrogens (primary N) is 1. The van der Waals surface area contributed by atoms with Gasteiger partial charge in [-0.05, 0) is 54.4 Å². The van der Waals surface area contributed by atoms with Crippen LogP contribution in [-0.4, -0.2) is 87.1 Å². The predicted octanol–water partition coefficient (Wildman–Crippen LogP) is 2.68. The molecule has 0 bridgehead atoms. The van der Waals surface area contributed by atoms with Crippen molar-refractivity contribution in [3.8, 4) is 17.0 Å². The molecular formula is C29H32F2N7O4S+. The van der Waals surface area contributed by atoms with E-state index in [1.165, 1.54) is 19.4 Å². The fraction of sp³-hybridized carbons (Fsp3) is 0.310. The molecule has 14 heteroatoms. The standard InChI is InChI=1S/C29H32F2N7O4S/c1-17(2)38-8-6-37(7-9-38)16-27-35-28(42-27)21-10-18(11-24(33)22(21)14-32)19-12-25(29(41-3)34-15-19)36-43(39,40)26-5-4-20(30)13-23(26)31/h4-5,10-15,17,32,36H,6-9,16,33H2,1-3H3/q+1. The Kier molecular flexibility index (Phi) is 8.47. The molecule has 1 aromatic heterocycles. The Morgan fingerprint density at radius 3 is 2.51 bits per heavy atom. The van der Waals surface area contributed by atoms with Gasteiger partial charge in [0, 0.05) is 67.5 Å². The Bertz CT molecular complexity index is 1750. The van der Waals surface area contributed by atoms with Gasteiger partial charge in [0.1, 0.15) is 34.3 Å². The van der Waals surface area contributed by atoms with Gasteiger partial charge in [-0.1, -0.05) is 0 Å². The molecule has 3 heterocycles. The van der Waals surface area contributed by atoms with E-state index in [-0.39, 0.29) is 17.3 Å². The number of benzene rings is 2. The van der Waals surface area contributed by atoms with Gasteiger partial charge < -0.3 is 20.6 Å². The summed E-state index contributed by atoms with van der Waals surface area (Å²) in [6.07, 6.45) is 2.57. The van der Waals surface area contributed by atoms with Gasteiger partial charge in [0.05, 0.1) is 7.11 Å². The molecule has 2 aromatic carbocycles. The first-order valence-corrected chi connectivity index (χ1v) is 15.0. The molecule has 226 valence electrons. The zero-order valence-corrected chi connectivity index (χ0v) is 24.7. The number of nitrogens with one attached hydrogen (secondary N) is 2. The fourth-order valence-electron chi connectivity index (χ4n) is 4.96. The van der Waals surface area contributed by atoms with E-state index in [9.17, 15) is 17.2 Å². The van der Waals surface area contributed by atoms with Crippen LogP contribution in [-0.2, 0) is 14.8 Å². The number of hydrogen-bond acceptors (Lipinski definition) is 9. The number of nitrogens with zero attached hydrogens (tertiary/aromatic N) is 4. The molecule has 1 saturated heterocycles. The van der Waals surface area contributed by atoms with Crippen molar-refractivity contribution in [1.82, 2.24) is 19.5 Å². The third kappa shape index (κ3) is 6.37. The van der Waals surface area contributed by atoms with Crippen molar-refractivity contribution in [1.29, 1.82) is 5.41 Å². The predicted molar refractivity (Wildman–Crippen MR) is 161 cm³/mol. The van der Waals surface area contributed by atoms with Gasteiger partial charge >= 0.3 is 11.8 Å². The smallest absolute Gasteiger partial charge is 0.480 e. The summed E-state index contributed by atoms with van der Waals surface area (Å²) in [5.74, 6) is -1.33. The monoisotopic (exact) mass is 612 g/mol. The van der Waals surface area contributed by atoms with Crippen LogP contribution in [0.15, 0.2) is 47.5 Å². The van der Waals surface area contributed by atoms with E-state index in [1.807, 2.05) is 0 Å². The van der Waals surface area contributed by atoms with Gasteiger partial charge in [0.25, 0.3) is 10.0 Å². The molecule has 0 saturated carbocycles.